The molecule has 0 bridgehead atoms. The first-order valence-electron chi connectivity index (χ1n) is 9.98. The van der Waals surface area contributed by atoms with Crippen LogP contribution in [0.15, 0.2) is 64.9 Å². The minimum Gasteiger partial charge on any atom is -0.348 e. The van der Waals surface area contributed by atoms with Gasteiger partial charge in [-0.2, -0.15) is 4.31 Å². The molecule has 1 saturated heterocycles. The average molecular weight is 441 g/mol. The fourth-order valence-corrected chi connectivity index (χ4v) is 6.52. The summed E-state index contributed by atoms with van der Waals surface area (Å²) in [6, 6.07) is 18.7. The summed E-state index contributed by atoms with van der Waals surface area (Å²) in [5.74, 6) is -0.131. The van der Waals surface area contributed by atoms with E-state index in [2.05, 4.69) is 5.32 Å². The molecule has 1 aliphatic heterocycles. The molecule has 2 heterocycles. The first-order chi connectivity index (χ1) is 14.4. The number of hydrogen-bond donors (Lipinski definition) is 1. The van der Waals surface area contributed by atoms with Crippen LogP contribution in [-0.2, 0) is 16.6 Å². The highest BCUT2D eigenvalue weighted by Gasteiger charge is 2.28. The molecule has 5 nitrogen and oxygen atoms in total. The number of sulfonamides is 1. The molecule has 1 N–H and O–H groups in total. The van der Waals surface area contributed by atoms with Gasteiger partial charge in [-0.3, -0.25) is 4.79 Å². The number of benzene rings is 2. The van der Waals surface area contributed by atoms with E-state index in [-0.39, 0.29) is 5.91 Å². The number of hydrogen-bond acceptors (Lipinski definition) is 4. The molecule has 30 heavy (non-hydrogen) atoms. The number of thiophene rings is 1. The van der Waals surface area contributed by atoms with Crippen LogP contribution in [0.5, 0.6) is 0 Å². The third-order valence-corrected chi connectivity index (χ3v) is 8.87. The lowest BCUT2D eigenvalue weighted by Gasteiger charge is -2.13. The first kappa shape index (κ1) is 20.8. The van der Waals surface area contributed by atoms with Crippen LogP contribution in [-0.4, -0.2) is 31.7 Å². The van der Waals surface area contributed by atoms with E-state index in [1.807, 2.05) is 49.4 Å². The molecule has 1 amide bonds. The number of carbonyl (C=O) groups excluding carboxylic acids is 1. The van der Waals surface area contributed by atoms with Gasteiger partial charge in [-0.1, -0.05) is 36.4 Å². The van der Waals surface area contributed by atoms with Crippen LogP contribution in [0, 0.1) is 6.92 Å². The topological polar surface area (TPSA) is 66.5 Å². The summed E-state index contributed by atoms with van der Waals surface area (Å²) in [6.07, 6.45) is 1.84. The Kier molecular flexibility index (Phi) is 6.04. The molecule has 1 aliphatic rings. The highest BCUT2D eigenvalue weighted by atomic mass is 32.2. The Morgan fingerprint density at radius 3 is 2.40 bits per heavy atom. The fourth-order valence-electron chi connectivity index (χ4n) is 3.54. The van der Waals surface area contributed by atoms with Gasteiger partial charge in [0.25, 0.3) is 15.9 Å². The lowest BCUT2D eigenvalue weighted by Crippen LogP contribution is -2.27. The number of aryl methyl sites for hydroxylation is 1. The molecule has 0 unspecified atom stereocenters. The fraction of sp³-hybridized carbons (Fsp3) is 0.261. The lowest BCUT2D eigenvalue weighted by molar-refractivity contribution is 0.0951. The smallest absolute Gasteiger partial charge is 0.252 e. The molecular weight excluding hydrogens is 416 g/mol. The summed E-state index contributed by atoms with van der Waals surface area (Å²) >= 11 is 1.27. The Bertz CT molecular complexity index is 1150. The van der Waals surface area contributed by atoms with Gasteiger partial charge in [0.2, 0.25) is 0 Å². The summed E-state index contributed by atoms with van der Waals surface area (Å²) < 4.78 is 27.4. The van der Waals surface area contributed by atoms with Crippen molar-refractivity contribution in [3.63, 3.8) is 0 Å². The zero-order chi connectivity index (χ0) is 21.1. The van der Waals surface area contributed by atoms with Crippen LogP contribution in [0.25, 0.3) is 10.4 Å². The molecule has 0 atom stereocenters. The molecule has 7 heteroatoms. The normalized spacial score (nSPS) is 14.7. The molecule has 2 aromatic carbocycles. The Balaban J connectivity index is 1.44. The molecule has 0 aliphatic carbocycles. The molecule has 0 spiro atoms. The Labute approximate surface area is 181 Å². The van der Waals surface area contributed by atoms with Crippen LogP contribution in [0.1, 0.15) is 34.3 Å². The number of rotatable bonds is 6. The van der Waals surface area contributed by atoms with E-state index in [0.29, 0.717) is 29.4 Å². The van der Waals surface area contributed by atoms with Crippen molar-refractivity contribution in [3.8, 4) is 10.4 Å². The van der Waals surface area contributed by atoms with E-state index >= 15 is 0 Å². The predicted molar refractivity (Wildman–Crippen MR) is 120 cm³/mol. The number of amides is 1. The summed E-state index contributed by atoms with van der Waals surface area (Å²) in [4.78, 5) is 13.3. The van der Waals surface area contributed by atoms with Gasteiger partial charge in [-0.05, 0) is 60.7 Å². The second kappa shape index (κ2) is 8.71. The highest BCUT2D eigenvalue weighted by molar-refractivity contribution is 7.91. The van der Waals surface area contributed by atoms with Gasteiger partial charge in [0, 0.05) is 30.1 Å². The number of carbonyl (C=O) groups is 1. The molecule has 1 aromatic heterocycles. The Morgan fingerprint density at radius 2 is 1.70 bits per heavy atom. The molecule has 156 valence electrons. The monoisotopic (exact) mass is 440 g/mol. The summed E-state index contributed by atoms with van der Waals surface area (Å²) in [7, 11) is -3.40. The van der Waals surface area contributed by atoms with Gasteiger partial charge in [0.15, 0.2) is 0 Å². The standard InChI is InChI=1S/C23H24N2O3S2/c1-17-6-2-3-7-20(17)16-24-23(26)19-10-8-18(9-11-19)21-12-13-22(29-21)30(27,28)25-14-4-5-15-25/h2-3,6-13H,4-5,14-16H2,1H3,(H,24,26). The summed E-state index contributed by atoms with van der Waals surface area (Å²) in [6.45, 7) is 3.70. The van der Waals surface area contributed by atoms with Crippen molar-refractivity contribution in [1.82, 2.24) is 9.62 Å². The van der Waals surface area contributed by atoms with E-state index in [1.165, 1.54) is 11.3 Å². The van der Waals surface area contributed by atoms with E-state index in [9.17, 15) is 13.2 Å². The SMILES string of the molecule is Cc1ccccc1CNC(=O)c1ccc(-c2ccc(S(=O)(=O)N3CCCC3)s2)cc1. The second-order valence-electron chi connectivity index (χ2n) is 7.42. The maximum absolute atomic E-state index is 12.7. The minimum atomic E-state index is -3.40. The first-order valence-corrected chi connectivity index (χ1v) is 12.2. The molecular formula is C23H24N2O3S2. The van der Waals surface area contributed by atoms with Crippen molar-refractivity contribution in [2.24, 2.45) is 0 Å². The highest BCUT2D eigenvalue weighted by Crippen LogP contribution is 2.33. The second-order valence-corrected chi connectivity index (χ2v) is 10.7. The zero-order valence-electron chi connectivity index (χ0n) is 16.8. The van der Waals surface area contributed by atoms with Crippen LogP contribution >= 0.6 is 11.3 Å². The van der Waals surface area contributed by atoms with Crippen LogP contribution in [0.4, 0.5) is 0 Å². The quantitative estimate of drug-likeness (QED) is 0.616. The molecule has 3 aromatic rings. The van der Waals surface area contributed by atoms with Crippen molar-refractivity contribution >= 4 is 27.3 Å². The average Bonchev–Trinajstić information content (AvgIpc) is 3.46. The molecule has 1 fully saturated rings. The molecule has 0 radical (unpaired) electrons. The Hall–Kier alpha value is -2.48. The van der Waals surface area contributed by atoms with Crippen LogP contribution in [0.3, 0.4) is 0 Å². The van der Waals surface area contributed by atoms with E-state index < -0.39 is 10.0 Å². The van der Waals surface area contributed by atoms with Gasteiger partial charge in [0.1, 0.15) is 4.21 Å². The number of nitrogens with zero attached hydrogens (tertiary/aromatic N) is 1. The van der Waals surface area contributed by atoms with E-state index in [0.717, 1.165) is 34.4 Å². The summed E-state index contributed by atoms with van der Waals surface area (Å²) in [5.41, 5.74) is 3.71. The van der Waals surface area contributed by atoms with Crippen molar-refractivity contribution in [3.05, 3.63) is 77.4 Å². The van der Waals surface area contributed by atoms with Crippen molar-refractivity contribution in [1.29, 1.82) is 0 Å². The zero-order valence-corrected chi connectivity index (χ0v) is 18.4. The largest absolute Gasteiger partial charge is 0.348 e. The van der Waals surface area contributed by atoms with E-state index in [1.54, 1.807) is 22.5 Å². The van der Waals surface area contributed by atoms with Crippen molar-refractivity contribution in [2.75, 3.05) is 13.1 Å². The van der Waals surface area contributed by atoms with Gasteiger partial charge in [-0.15, -0.1) is 11.3 Å². The van der Waals surface area contributed by atoms with Gasteiger partial charge in [-0.25, -0.2) is 8.42 Å². The molecule has 4 rings (SSSR count). The third-order valence-electron chi connectivity index (χ3n) is 5.37. The van der Waals surface area contributed by atoms with Crippen LogP contribution in [0.2, 0.25) is 0 Å². The third kappa shape index (κ3) is 4.33. The maximum atomic E-state index is 12.7. The van der Waals surface area contributed by atoms with Crippen molar-refractivity contribution in [2.45, 2.75) is 30.5 Å². The summed E-state index contributed by atoms with van der Waals surface area (Å²) in [5, 5.41) is 2.95. The van der Waals surface area contributed by atoms with Crippen molar-refractivity contribution < 1.29 is 13.2 Å². The van der Waals surface area contributed by atoms with Gasteiger partial charge < -0.3 is 5.32 Å². The number of nitrogens with one attached hydrogen (secondary N) is 1. The Morgan fingerprint density at radius 1 is 1.00 bits per heavy atom. The maximum Gasteiger partial charge on any atom is 0.252 e. The van der Waals surface area contributed by atoms with Gasteiger partial charge >= 0.3 is 0 Å². The van der Waals surface area contributed by atoms with Crippen LogP contribution < -0.4 is 5.32 Å². The van der Waals surface area contributed by atoms with Gasteiger partial charge in [0.05, 0.1) is 0 Å². The minimum absolute atomic E-state index is 0.131. The van der Waals surface area contributed by atoms with E-state index in [4.69, 9.17) is 0 Å². The predicted octanol–water partition coefficient (Wildman–Crippen LogP) is 4.44. The molecule has 0 saturated carbocycles. The lowest BCUT2D eigenvalue weighted by atomic mass is 10.1.